The summed E-state index contributed by atoms with van der Waals surface area (Å²) in [7, 11) is 0. The Morgan fingerprint density at radius 2 is 1.80 bits per heavy atom. The Kier molecular flexibility index (Phi) is 4.53. The minimum atomic E-state index is 0.496. The highest BCUT2D eigenvalue weighted by Gasteiger charge is 2.06. The van der Waals surface area contributed by atoms with Gasteiger partial charge in [-0.1, -0.05) is 20.3 Å². The zero-order valence-electron chi connectivity index (χ0n) is 10.2. The smallest absolute Gasteiger partial charge is 0.223 e. The van der Waals surface area contributed by atoms with E-state index in [1.54, 1.807) is 0 Å². The van der Waals surface area contributed by atoms with Crippen molar-refractivity contribution in [1.82, 2.24) is 9.97 Å². The standard InChI is InChI=1S/C12H21N3/c1-5-7-11(6-2)15-12-13-9(3)8-10(4)14-12/h8,11H,5-7H2,1-4H3,(H,13,14,15). The van der Waals surface area contributed by atoms with Crippen LogP contribution < -0.4 is 5.32 Å². The topological polar surface area (TPSA) is 37.8 Å². The summed E-state index contributed by atoms with van der Waals surface area (Å²) in [5, 5.41) is 3.39. The molecule has 0 aliphatic rings. The second-order valence-electron chi connectivity index (χ2n) is 4.01. The van der Waals surface area contributed by atoms with Gasteiger partial charge in [0.2, 0.25) is 5.95 Å². The highest BCUT2D eigenvalue weighted by Crippen LogP contribution is 2.10. The lowest BCUT2D eigenvalue weighted by Gasteiger charge is -2.16. The lowest BCUT2D eigenvalue weighted by molar-refractivity contribution is 0.617. The third kappa shape index (κ3) is 3.86. The molecule has 0 radical (unpaired) electrons. The summed E-state index contributed by atoms with van der Waals surface area (Å²) in [5.74, 6) is 0.771. The Morgan fingerprint density at radius 1 is 1.20 bits per heavy atom. The maximum absolute atomic E-state index is 4.38. The van der Waals surface area contributed by atoms with E-state index in [0.29, 0.717) is 6.04 Å². The van der Waals surface area contributed by atoms with Crippen LogP contribution in [0.2, 0.25) is 0 Å². The molecule has 1 aromatic heterocycles. The molecule has 0 aromatic carbocycles. The Morgan fingerprint density at radius 3 is 2.27 bits per heavy atom. The predicted molar refractivity (Wildman–Crippen MR) is 64.1 cm³/mol. The third-order valence-electron chi connectivity index (χ3n) is 2.45. The van der Waals surface area contributed by atoms with E-state index in [4.69, 9.17) is 0 Å². The van der Waals surface area contributed by atoms with E-state index in [0.717, 1.165) is 23.8 Å². The Bertz CT molecular complexity index is 289. The monoisotopic (exact) mass is 207 g/mol. The van der Waals surface area contributed by atoms with Crippen molar-refractivity contribution < 1.29 is 0 Å². The first-order valence-electron chi connectivity index (χ1n) is 5.74. The molecule has 0 aliphatic carbocycles. The van der Waals surface area contributed by atoms with Crippen LogP contribution in [0.3, 0.4) is 0 Å². The minimum absolute atomic E-state index is 0.496. The maximum Gasteiger partial charge on any atom is 0.223 e. The van der Waals surface area contributed by atoms with Gasteiger partial charge in [0.15, 0.2) is 0 Å². The summed E-state index contributed by atoms with van der Waals surface area (Å²) in [6, 6.07) is 2.49. The van der Waals surface area contributed by atoms with E-state index in [1.165, 1.54) is 12.8 Å². The molecule has 3 nitrogen and oxygen atoms in total. The Hall–Kier alpha value is -1.12. The highest BCUT2D eigenvalue weighted by atomic mass is 15.1. The normalized spacial score (nSPS) is 12.5. The molecular weight excluding hydrogens is 186 g/mol. The summed E-state index contributed by atoms with van der Waals surface area (Å²) in [4.78, 5) is 8.76. The van der Waals surface area contributed by atoms with E-state index < -0.39 is 0 Å². The van der Waals surface area contributed by atoms with Crippen LogP contribution in [0.1, 0.15) is 44.5 Å². The summed E-state index contributed by atoms with van der Waals surface area (Å²) < 4.78 is 0. The van der Waals surface area contributed by atoms with Gasteiger partial charge < -0.3 is 5.32 Å². The fourth-order valence-electron chi connectivity index (χ4n) is 1.70. The fraction of sp³-hybridized carbons (Fsp3) is 0.667. The molecule has 1 rings (SSSR count). The van der Waals surface area contributed by atoms with Gasteiger partial charge in [-0.2, -0.15) is 0 Å². The van der Waals surface area contributed by atoms with E-state index in [1.807, 2.05) is 19.9 Å². The van der Waals surface area contributed by atoms with Crippen molar-refractivity contribution >= 4 is 5.95 Å². The van der Waals surface area contributed by atoms with Crippen molar-refractivity contribution in [3.63, 3.8) is 0 Å². The summed E-state index contributed by atoms with van der Waals surface area (Å²) >= 11 is 0. The largest absolute Gasteiger partial charge is 0.351 e. The molecule has 0 amide bonds. The Labute approximate surface area is 92.3 Å². The number of hydrogen-bond donors (Lipinski definition) is 1. The summed E-state index contributed by atoms with van der Waals surface area (Å²) in [6.45, 7) is 8.39. The van der Waals surface area contributed by atoms with Gasteiger partial charge in [0.05, 0.1) is 0 Å². The molecule has 0 aliphatic heterocycles. The minimum Gasteiger partial charge on any atom is -0.351 e. The van der Waals surface area contributed by atoms with Crippen LogP contribution in [0, 0.1) is 13.8 Å². The number of aromatic nitrogens is 2. The van der Waals surface area contributed by atoms with Gasteiger partial charge in [-0.25, -0.2) is 9.97 Å². The number of anilines is 1. The molecule has 0 spiro atoms. The maximum atomic E-state index is 4.38. The van der Waals surface area contributed by atoms with Gasteiger partial charge in [-0.05, 0) is 32.8 Å². The van der Waals surface area contributed by atoms with Gasteiger partial charge in [-0.3, -0.25) is 0 Å². The van der Waals surface area contributed by atoms with Crippen LogP contribution in [0.15, 0.2) is 6.07 Å². The van der Waals surface area contributed by atoms with Crippen molar-refractivity contribution in [3.05, 3.63) is 17.5 Å². The van der Waals surface area contributed by atoms with Crippen molar-refractivity contribution in [2.45, 2.75) is 53.0 Å². The molecule has 1 unspecified atom stereocenters. The van der Waals surface area contributed by atoms with E-state index in [2.05, 4.69) is 29.1 Å². The molecule has 1 heterocycles. The molecule has 84 valence electrons. The van der Waals surface area contributed by atoms with Crippen molar-refractivity contribution in [2.24, 2.45) is 0 Å². The molecule has 1 aromatic rings. The van der Waals surface area contributed by atoms with Gasteiger partial charge in [-0.15, -0.1) is 0 Å². The lowest BCUT2D eigenvalue weighted by atomic mass is 10.1. The number of hydrogen-bond acceptors (Lipinski definition) is 3. The second kappa shape index (κ2) is 5.69. The van der Waals surface area contributed by atoms with E-state index in [9.17, 15) is 0 Å². The predicted octanol–water partition coefficient (Wildman–Crippen LogP) is 3.08. The average Bonchev–Trinajstić information content (AvgIpc) is 2.15. The highest BCUT2D eigenvalue weighted by molar-refractivity contribution is 5.28. The molecule has 1 N–H and O–H groups in total. The van der Waals surface area contributed by atoms with Crippen LogP contribution in [-0.2, 0) is 0 Å². The zero-order valence-corrected chi connectivity index (χ0v) is 10.2. The molecule has 0 saturated heterocycles. The number of nitrogens with one attached hydrogen (secondary N) is 1. The summed E-state index contributed by atoms with van der Waals surface area (Å²) in [5.41, 5.74) is 2.05. The van der Waals surface area contributed by atoms with Crippen molar-refractivity contribution in [1.29, 1.82) is 0 Å². The fourth-order valence-corrected chi connectivity index (χ4v) is 1.70. The number of aryl methyl sites for hydroxylation is 2. The van der Waals surface area contributed by atoms with E-state index >= 15 is 0 Å². The molecule has 1 atom stereocenters. The molecule has 0 saturated carbocycles. The first kappa shape index (κ1) is 12.0. The third-order valence-corrected chi connectivity index (χ3v) is 2.45. The molecule has 3 heteroatoms. The molecule has 15 heavy (non-hydrogen) atoms. The van der Waals surface area contributed by atoms with Gasteiger partial charge in [0.25, 0.3) is 0 Å². The first-order valence-corrected chi connectivity index (χ1v) is 5.74. The van der Waals surface area contributed by atoms with Crippen LogP contribution in [-0.4, -0.2) is 16.0 Å². The second-order valence-corrected chi connectivity index (χ2v) is 4.01. The number of nitrogens with zero attached hydrogens (tertiary/aromatic N) is 2. The first-order chi connectivity index (χ1) is 7.15. The van der Waals surface area contributed by atoms with Crippen LogP contribution in [0.25, 0.3) is 0 Å². The quantitative estimate of drug-likeness (QED) is 0.806. The van der Waals surface area contributed by atoms with Gasteiger partial charge >= 0.3 is 0 Å². The molecular formula is C12H21N3. The van der Waals surface area contributed by atoms with Gasteiger partial charge in [0, 0.05) is 17.4 Å². The molecule has 0 fully saturated rings. The van der Waals surface area contributed by atoms with Crippen LogP contribution in [0.4, 0.5) is 5.95 Å². The van der Waals surface area contributed by atoms with E-state index in [-0.39, 0.29) is 0 Å². The van der Waals surface area contributed by atoms with Crippen molar-refractivity contribution in [3.8, 4) is 0 Å². The lowest BCUT2D eigenvalue weighted by Crippen LogP contribution is -2.20. The number of rotatable bonds is 5. The van der Waals surface area contributed by atoms with Crippen LogP contribution >= 0.6 is 0 Å². The molecule has 0 bridgehead atoms. The summed E-state index contributed by atoms with van der Waals surface area (Å²) in [6.07, 6.45) is 3.48. The SMILES string of the molecule is CCCC(CC)Nc1nc(C)cc(C)n1. The van der Waals surface area contributed by atoms with Gasteiger partial charge in [0.1, 0.15) is 0 Å². The van der Waals surface area contributed by atoms with Crippen LogP contribution in [0.5, 0.6) is 0 Å². The van der Waals surface area contributed by atoms with Crippen molar-refractivity contribution in [2.75, 3.05) is 5.32 Å². The zero-order chi connectivity index (χ0) is 11.3. The average molecular weight is 207 g/mol. The Balaban J connectivity index is 2.69.